The zero-order chi connectivity index (χ0) is 15.9. The molecule has 0 aliphatic rings. The Morgan fingerprint density at radius 3 is 2.18 bits per heavy atom. The summed E-state index contributed by atoms with van der Waals surface area (Å²) in [5.74, 6) is 0. The second kappa shape index (κ2) is 7.26. The molecular formula is C18H15N3S. The third kappa shape index (κ3) is 4.09. The molecule has 0 saturated carbocycles. The molecule has 0 amide bonds. The van der Waals surface area contributed by atoms with Gasteiger partial charge in [0.15, 0.2) is 0 Å². The molecule has 0 bridgehead atoms. The van der Waals surface area contributed by atoms with E-state index >= 15 is 0 Å². The van der Waals surface area contributed by atoms with Crippen molar-refractivity contribution in [3.8, 4) is 12.1 Å². The second-order valence-electron chi connectivity index (χ2n) is 4.84. The number of benzene rings is 1. The Hall–Kier alpha value is -2.82. The molecule has 0 atom stereocenters. The van der Waals surface area contributed by atoms with Crippen molar-refractivity contribution in [2.24, 2.45) is 0 Å². The van der Waals surface area contributed by atoms with E-state index in [1.54, 1.807) is 17.4 Å². The standard InChI is InChI=1S/C18H15N3S/c1-21(2)16-6-3-14(4-7-16)5-8-17-9-10-18(22-17)11-15(12-19)13-20/h3-11H,1-2H3/b8-5+. The smallest absolute Gasteiger partial charge is 0.131 e. The molecule has 22 heavy (non-hydrogen) atoms. The molecule has 108 valence electrons. The number of allylic oxidation sites excluding steroid dienone is 1. The Balaban J connectivity index is 2.11. The van der Waals surface area contributed by atoms with Crippen LogP contribution in [0.2, 0.25) is 0 Å². The van der Waals surface area contributed by atoms with Gasteiger partial charge in [-0.1, -0.05) is 18.2 Å². The molecule has 0 aliphatic carbocycles. The number of thiophene rings is 1. The lowest BCUT2D eigenvalue weighted by Gasteiger charge is -2.11. The molecule has 0 saturated heterocycles. The maximum absolute atomic E-state index is 8.75. The molecule has 0 fully saturated rings. The quantitative estimate of drug-likeness (QED) is 0.786. The average Bonchev–Trinajstić information content (AvgIpc) is 2.98. The highest BCUT2D eigenvalue weighted by molar-refractivity contribution is 7.13. The van der Waals surface area contributed by atoms with Gasteiger partial charge in [0.2, 0.25) is 0 Å². The highest BCUT2D eigenvalue weighted by atomic mass is 32.1. The highest BCUT2D eigenvalue weighted by Gasteiger charge is 1.98. The average molecular weight is 305 g/mol. The molecule has 0 N–H and O–H groups in total. The summed E-state index contributed by atoms with van der Waals surface area (Å²) in [6, 6.07) is 15.9. The zero-order valence-electron chi connectivity index (χ0n) is 12.4. The third-order valence-electron chi connectivity index (χ3n) is 3.02. The second-order valence-corrected chi connectivity index (χ2v) is 5.99. The van der Waals surface area contributed by atoms with Gasteiger partial charge in [-0.2, -0.15) is 10.5 Å². The van der Waals surface area contributed by atoms with E-state index in [9.17, 15) is 0 Å². The summed E-state index contributed by atoms with van der Waals surface area (Å²) in [6.07, 6.45) is 5.69. The number of nitrogens with zero attached hydrogens (tertiary/aromatic N) is 3. The first-order valence-corrected chi connectivity index (χ1v) is 7.51. The van der Waals surface area contributed by atoms with Crippen LogP contribution in [0.4, 0.5) is 5.69 Å². The normalized spacial score (nSPS) is 10.0. The summed E-state index contributed by atoms with van der Waals surface area (Å²) in [4.78, 5) is 4.05. The van der Waals surface area contributed by atoms with Crippen molar-refractivity contribution in [2.75, 3.05) is 19.0 Å². The molecule has 0 unspecified atom stereocenters. The van der Waals surface area contributed by atoms with Crippen LogP contribution in [0.25, 0.3) is 18.2 Å². The third-order valence-corrected chi connectivity index (χ3v) is 4.02. The van der Waals surface area contributed by atoms with Gasteiger partial charge in [-0.05, 0) is 42.0 Å². The maximum atomic E-state index is 8.75. The van der Waals surface area contributed by atoms with E-state index in [2.05, 4.69) is 29.2 Å². The zero-order valence-corrected chi connectivity index (χ0v) is 13.3. The molecule has 0 spiro atoms. The number of rotatable bonds is 4. The molecular weight excluding hydrogens is 290 g/mol. The topological polar surface area (TPSA) is 50.8 Å². The van der Waals surface area contributed by atoms with Crippen molar-refractivity contribution in [1.29, 1.82) is 10.5 Å². The molecule has 3 nitrogen and oxygen atoms in total. The van der Waals surface area contributed by atoms with Crippen LogP contribution in [0.5, 0.6) is 0 Å². The molecule has 1 aromatic heterocycles. The molecule has 1 aromatic carbocycles. The minimum absolute atomic E-state index is 0.122. The summed E-state index contributed by atoms with van der Waals surface area (Å²) in [7, 11) is 4.03. The SMILES string of the molecule is CN(C)c1ccc(/C=C/c2ccc(C=C(C#N)C#N)s2)cc1. The number of hydrogen-bond donors (Lipinski definition) is 0. The van der Waals surface area contributed by atoms with Crippen LogP contribution in [-0.2, 0) is 0 Å². The molecule has 2 aromatic rings. The van der Waals surface area contributed by atoms with Crippen LogP contribution in [0.15, 0.2) is 42.0 Å². The Morgan fingerprint density at radius 1 is 0.955 bits per heavy atom. The van der Waals surface area contributed by atoms with Gasteiger partial charge in [-0.15, -0.1) is 11.3 Å². The molecule has 0 aliphatic heterocycles. The lowest BCUT2D eigenvalue weighted by molar-refractivity contribution is 1.13. The van der Waals surface area contributed by atoms with Gasteiger partial charge in [-0.25, -0.2) is 0 Å². The van der Waals surface area contributed by atoms with Gasteiger partial charge < -0.3 is 4.90 Å². The molecule has 0 radical (unpaired) electrons. The van der Waals surface area contributed by atoms with E-state index in [1.807, 2.05) is 50.5 Å². The van der Waals surface area contributed by atoms with E-state index in [0.717, 1.165) is 15.3 Å². The van der Waals surface area contributed by atoms with Gasteiger partial charge in [0.25, 0.3) is 0 Å². The van der Waals surface area contributed by atoms with Gasteiger partial charge in [-0.3, -0.25) is 0 Å². The first kappa shape index (κ1) is 15.6. The van der Waals surface area contributed by atoms with Crippen LogP contribution in [0, 0.1) is 22.7 Å². The van der Waals surface area contributed by atoms with Gasteiger partial charge in [0.05, 0.1) is 0 Å². The van der Waals surface area contributed by atoms with Crippen molar-refractivity contribution >= 4 is 35.3 Å². The molecule has 2 rings (SSSR count). The van der Waals surface area contributed by atoms with Crippen LogP contribution < -0.4 is 4.90 Å². The first-order valence-electron chi connectivity index (χ1n) is 6.69. The number of nitriles is 2. The monoisotopic (exact) mass is 305 g/mol. The summed E-state index contributed by atoms with van der Waals surface area (Å²) in [6.45, 7) is 0. The minimum Gasteiger partial charge on any atom is -0.378 e. The predicted molar refractivity (Wildman–Crippen MR) is 93.2 cm³/mol. The fourth-order valence-electron chi connectivity index (χ4n) is 1.83. The van der Waals surface area contributed by atoms with E-state index in [-0.39, 0.29) is 5.57 Å². The van der Waals surface area contributed by atoms with Gasteiger partial charge in [0.1, 0.15) is 17.7 Å². The molecule has 1 heterocycles. The van der Waals surface area contributed by atoms with Crippen molar-refractivity contribution in [3.05, 3.63) is 57.3 Å². The Morgan fingerprint density at radius 2 is 1.59 bits per heavy atom. The van der Waals surface area contributed by atoms with Crippen LogP contribution in [0.1, 0.15) is 15.3 Å². The fourth-order valence-corrected chi connectivity index (χ4v) is 2.69. The molecule has 4 heteroatoms. The van der Waals surface area contributed by atoms with E-state index in [4.69, 9.17) is 10.5 Å². The highest BCUT2D eigenvalue weighted by Crippen LogP contribution is 2.22. The summed E-state index contributed by atoms with van der Waals surface area (Å²) >= 11 is 1.55. The summed E-state index contributed by atoms with van der Waals surface area (Å²) in [5.41, 5.74) is 2.42. The number of hydrogen-bond acceptors (Lipinski definition) is 4. The number of anilines is 1. The Labute approximate surface area is 134 Å². The summed E-state index contributed by atoms with van der Waals surface area (Å²) in [5, 5.41) is 17.5. The van der Waals surface area contributed by atoms with Crippen LogP contribution in [0.3, 0.4) is 0 Å². The predicted octanol–water partition coefficient (Wildman–Crippen LogP) is 4.42. The fraction of sp³-hybridized carbons (Fsp3) is 0.111. The largest absolute Gasteiger partial charge is 0.378 e. The van der Waals surface area contributed by atoms with Gasteiger partial charge >= 0.3 is 0 Å². The van der Waals surface area contributed by atoms with E-state index < -0.39 is 0 Å². The Bertz CT molecular complexity index is 765. The lowest BCUT2D eigenvalue weighted by atomic mass is 10.2. The van der Waals surface area contributed by atoms with Crippen molar-refractivity contribution < 1.29 is 0 Å². The Kier molecular flexibility index (Phi) is 5.14. The van der Waals surface area contributed by atoms with Gasteiger partial charge in [0, 0.05) is 29.5 Å². The van der Waals surface area contributed by atoms with Crippen LogP contribution in [-0.4, -0.2) is 14.1 Å². The van der Waals surface area contributed by atoms with E-state index in [1.165, 1.54) is 5.69 Å². The van der Waals surface area contributed by atoms with Crippen molar-refractivity contribution in [2.45, 2.75) is 0 Å². The maximum Gasteiger partial charge on any atom is 0.131 e. The van der Waals surface area contributed by atoms with Crippen molar-refractivity contribution in [1.82, 2.24) is 0 Å². The first-order chi connectivity index (χ1) is 10.6. The van der Waals surface area contributed by atoms with Crippen LogP contribution >= 0.6 is 11.3 Å². The lowest BCUT2D eigenvalue weighted by Crippen LogP contribution is -2.07. The minimum atomic E-state index is 0.122. The van der Waals surface area contributed by atoms with Crippen molar-refractivity contribution in [3.63, 3.8) is 0 Å². The van der Waals surface area contributed by atoms with E-state index in [0.29, 0.717) is 0 Å². The summed E-state index contributed by atoms with van der Waals surface area (Å²) < 4.78 is 0.